The minimum atomic E-state index is -0.312. The third-order valence-corrected chi connectivity index (χ3v) is 2.61. The highest BCUT2D eigenvalue weighted by Gasteiger charge is 2.03. The van der Waals surface area contributed by atoms with Gasteiger partial charge >= 0.3 is 0 Å². The van der Waals surface area contributed by atoms with Crippen LogP contribution in [0.2, 0.25) is 0 Å². The van der Waals surface area contributed by atoms with Crippen LogP contribution in [0.4, 0.5) is 0 Å². The molecule has 0 aliphatic heterocycles. The Morgan fingerprint density at radius 2 is 2.31 bits per heavy atom. The summed E-state index contributed by atoms with van der Waals surface area (Å²) in [5.41, 5.74) is 2.76. The smallest absolute Gasteiger partial charge is 0.266 e. The van der Waals surface area contributed by atoms with E-state index >= 15 is 0 Å². The van der Waals surface area contributed by atoms with Crippen LogP contribution in [0.25, 0.3) is 0 Å². The molecule has 0 saturated carbocycles. The summed E-state index contributed by atoms with van der Waals surface area (Å²) in [6.07, 6.45) is 3.17. The second kappa shape index (κ2) is 5.18. The summed E-state index contributed by atoms with van der Waals surface area (Å²) in [4.78, 5) is 16.4. The number of carbonyl (C=O) groups is 1. The molecule has 0 aliphatic carbocycles. The van der Waals surface area contributed by atoms with Gasteiger partial charge in [0.2, 0.25) is 0 Å². The minimum absolute atomic E-state index is 0.312. The topological polar surface area (TPSA) is 54.4 Å². The van der Waals surface area contributed by atoms with Crippen LogP contribution in [0.3, 0.4) is 0 Å². The molecule has 0 unspecified atom stereocenters. The highest BCUT2D eigenvalue weighted by molar-refractivity contribution is 7.11. The van der Waals surface area contributed by atoms with E-state index in [9.17, 15) is 4.79 Å². The van der Waals surface area contributed by atoms with Crippen molar-refractivity contribution >= 4 is 23.5 Å². The van der Waals surface area contributed by atoms with Gasteiger partial charge < -0.3 is 0 Å². The van der Waals surface area contributed by atoms with E-state index in [1.807, 2.05) is 17.5 Å². The first-order chi connectivity index (χ1) is 7.86. The fourth-order valence-electron chi connectivity index (χ4n) is 1.07. The number of thiophene rings is 1. The number of pyridine rings is 1. The molecule has 0 aromatic carbocycles. The van der Waals surface area contributed by atoms with E-state index in [2.05, 4.69) is 15.5 Å². The molecule has 2 rings (SSSR count). The SMILES string of the molecule is O=C(N/N=C/c1cccs1)c1ccccn1. The van der Waals surface area contributed by atoms with Crippen LogP contribution in [0.15, 0.2) is 47.0 Å². The minimum Gasteiger partial charge on any atom is -0.266 e. The van der Waals surface area contributed by atoms with Gasteiger partial charge in [0.25, 0.3) is 5.91 Å². The van der Waals surface area contributed by atoms with E-state index in [4.69, 9.17) is 0 Å². The van der Waals surface area contributed by atoms with E-state index in [1.165, 1.54) is 0 Å². The lowest BCUT2D eigenvalue weighted by Crippen LogP contribution is -2.18. The molecule has 80 valence electrons. The van der Waals surface area contributed by atoms with Crippen LogP contribution in [-0.4, -0.2) is 17.1 Å². The third-order valence-electron chi connectivity index (χ3n) is 1.80. The highest BCUT2D eigenvalue weighted by atomic mass is 32.1. The van der Waals surface area contributed by atoms with Crippen LogP contribution < -0.4 is 5.43 Å². The van der Waals surface area contributed by atoms with Crippen LogP contribution in [0, 0.1) is 0 Å². The van der Waals surface area contributed by atoms with Gasteiger partial charge in [-0.25, -0.2) is 5.43 Å². The number of rotatable bonds is 3. The van der Waals surface area contributed by atoms with Crippen molar-refractivity contribution in [2.24, 2.45) is 5.10 Å². The first-order valence-corrected chi connectivity index (χ1v) is 5.52. The molecule has 0 saturated heterocycles. The fourth-order valence-corrected chi connectivity index (χ4v) is 1.66. The summed E-state index contributed by atoms with van der Waals surface area (Å²) >= 11 is 1.55. The summed E-state index contributed by atoms with van der Waals surface area (Å²) in [6, 6.07) is 8.99. The van der Waals surface area contributed by atoms with Crippen LogP contribution >= 0.6 is 11.3 Å². The monoisotopic (exact) mass is 231 g/mol. The average molecular weight is 231 g/mol. The van der Waals surface area contributed by atoms with Gasteiger partial charge in [-0.3, -0.25) is 9.78 Å². The summed E-state index contributed by atoms with van der Waals surface area (Å²) in [7, 11) is 0. The second-order valence-electron chi connectivity index (χ2n) is 2.93. The summed E-state index contributed by atoms with van der Waals surface area (Å²) in [5, 5.41) is 5.78. The van der Waals surface area contributed by atoms with Crippen molar-refractivity contribution in [2.45, 2.75) is 0 Å². The Labute approximate surface area is 96.7 Å². The van der Waals surface area contributed by atoms with E-state index in [0.717, 1.165) is 4.88 Å². The zero-order valence-electron chi connectivity index (χ0n) is 8.33. The number of hydrazone groups is 1. The van der Waals surface area contributed by atoms with Gasteiger partial charge in [0.1, 0.15) is 5.69 Å². The van der Waals surface area contributed by atoms with Gasteiger partial charge in [0.15, 0.2) is 0 Å². The van der Waals surface area contributed by atoms with Crippen LogP contribution in [0.1, 0.15) is 15.4 Å². The van der Waals surface area contributed by atoms with Gasteiger partial charge in [-0.1, -0.05) is 12.1 Å². The highest BCUT2D eigenvalue weighted by Crippen LogP contribution is 2.04. The van der Waals surface area contributed by atoms with Gasteiger partial charge in [-0.05, 0) is 23.6 Å². The molecule has 0 spiro atoms. The lowest BCUT2D eigenvalue weighted by Gasteiger charge is -1.96. The molecular formula is C11H9N3OS. The Morgan fingerprint density at radius 1 is 1.38 bits per heavy atom. The number of nitrogens with zero attached hydrogens (tertiary/aromatic N) is 2. The lowest BCUT2D eigenvalue weighted by atomic mass is 10.3. The molecule has 5 heteroatoms. The standard InChI is InChI=1S/C11H9N3OS/c15-11(10-5-1-2-6-12-10)14-13-8-9-4-3-7-16-9/h1-8H,(H,14,15)/b13-8+. The zero-order chi connectivity index (χ0) is 11.2. The third kappa shape index (κ3) is 2.74. The van der Waals surface area contributed by atoms with E-state index in [0.29, 0.717) is 5.69 Å². The zero-order valence-corrected chi connectivity index (χ0v) is 9.15. The maximum Gasteiger partial charge on any atom is 0.289 e. The largest absolute Gasteiger partial charge is 0.289 e. The second-order valence-corrected chi connectivity index (χ2v) is 3.91. The number of aromatic nitrogens is 1. The van der Waals surface area contributed by atoms with Crippen molar-refractivity contribution < 1.29 is 4.79 Å². The van der Waals surface area contributed by atoms with Crippen molar-refractivity contribution in [3.63, 3.8) is 0 Å². The molecule has 0 radical (unpaired) electrons. The van der Waals surface area contributed by atoms with Crippen molar-refractivity contribution in [1.29, 1.82) is 0 Å². The molecule has 1 amide bonds. The molecule has 16 heavy (non-hydrogen) atoms. The Bertz CT molecular complexity index is 479. The van der Waals surface area contributed by atoms with Gasteiger partial charge in [0, 0.05) is 11.1 Å². The van der Waals surface area contributed by atoms with Crippen molar-refractivity contribution in [2.75, 3.05) is 0 Å². The molecule has 0 bridgehead atoms. The number of hydrogen-bond donors (Lipinski definition) is 1. The average Bonchev–Trinajstić information content (AvgIpc) is 2.83. The van der Waals surface area contributed by atoms with Gasteiger partial charge in [-0.2, -0.15) is 5.10 Å². The molecular weight excluding hydrogens is 222 g/mol. The van der Waals surface area contributed by atoms with Gasteiger partial charge in [0.05, 0.1) is 6.21 Å². The molecule has 2 heterocycles. The Balaban J connectivity index is 1.94. The quantitative estimate of drug-likeness (QED) is 0.648. The number of hydrogen-bond acceptors (Lipinski definition) is 4. The predicted molar refractivity (Wildman–Crippen MR) is 63.6 cm³/mol. The number of carbonyl (C=O) groups excluding carboxylic acids is 1. The van der Waals surface area contributed by atoms with Crippen LogP contribution in [-0.2, 0) is 0 Å². The first kappa shape index (κ1) is 10.5. The Kier molecular flexibility index (Phi) is 3.40. The number of amides is 1. The van der Waals surface area contributed by atoms with Crippen LogP contribution in [0.5, 0.6) is 0 Å². The fraction of sp³-hybridized carbons (Fsp3) is 0. The van der Waals surface area contributed by atoms with E-state index in [1.54, 1.807) is 41.9 Å². The predicted octanol–water partition coefficient (Wildman–Crippen LogP) is 1.91. The molecule has 0 aliphatic rings. The molecule has 4 nitrogen and oxygen atoms in total. The van der Waals surface area contributed by atoms with Crippen molar-refractivity contribution in [3.8, 4) is 0 Å². The van der Waals surface area contributed by atoms with E-state index in [-0.39, 0.29) is 5.91 Å². The summed E-state index contributed by atoms with van der Waals surface area (Å²) in [5.74, 6) is -0.312. The molecule has 0 atom stereocenters. The molecule has 0 fully saturated rings. The Hall–Kier alpha value is -2.01. The van der Waals surface area contributed by atoms with Crippen molar-refractivity contribution in [1.82, 2.24) is 10.4 Å². The van der Waals surface area contributed by atoms with Gasteiger partial charge in [-0.15, -0.1) is 11.3 Å². The molecule has 2 aromatic heterocycles. The maximum atomic E-state index is 11.5. The normalized spacial score (nSPS) is 10.5. The Morgan fingerprint density at radius 3 is 3.00 bits per heavy atom. The van der Waals surface area contributed by atoms with E-state index < -0.39 is 0 Å². The molecule has 1 N–H and O–H groups in total. The molecule has 2 aromatic rings. The van der Waals surface area contributed by atoms with Crippen molar-refractivity contribution in [3.05, 3.63) is 52.5 Å². The summed E-state index contributed by atoms with van der Waals surface area (Å²) < 4.78 is 0. The summed E-state index contributed by atoms with van der Waals surface area (Å²) in [6.45, 7) is 0. The first-order valence-electron chi connectivity index (χ1n) is 4.64. The number of nitrogens with one attached hydrogen (secondary N) is 1. The lowest BCUT2D eigenvalue weighted by molar-refractivity contribution is 0.0950. The maximum absolute atomic E-state index is 11.5.